The zero-order chi connectivity index (χ0) is 21.1. The molecule has 4 rings (SSSR count). The van der Waals surface area contributed by atoms with Crippen LogP contribution in [0.4, 0.5) is 0 Å². The smallest absolute Gasteiger partial charge is 0.0451 e. The quantitative estimate of drug-likeness (QED) is 0.314. The molecule has 0 amide bonds. The van der Waals surface area contributed by atoms with Gasteiger partial charge in [-0.05, 0) is 61.7 Å². The predicted molar refractivity (Wildman–Crippen MR) is 125 cm³/mol. The molecule has 0 fully saturated rings. The van der Waals surface area contributed by atoms with Crippen LogP contribution in [0.5, 0.6) is 0 Å². The van der Waals surface area contributed by atoms with Crippen LogP contribution in [0.3, 0.4) is 0 Å². The number of rotatable bonds is 0. The van der Waals surface area contributed by atoms with Gasteiger partial charge in [0.15, 0.2) is 0 Å². The van der Waals surface area contributed by atoms with Gasteiger partial charge in [-0.15, -0.1) is 0 Å². The zero-order valence-electron chi connectivity index (χ0n) is 18.7. The zero-order valence-corrected chi connectivity index (χ0v) is 18.7. The molecule has 0 bridgehead atoms. The van der Waals surface area contributed by atoms with E-state index in [0.717, 1.165) is 11.4 Å². The van der Waals surface area contributed by atoms with Crippen molar-refractivity contribution in [2.45, 2.75) is 55.4 Å². The minimum absolute atomic E-state index is 1.08. The molecule has 0 aliphatic carbocycles. The van der Waals surface area contributed by atoms with Gasteiger partial charge in [-0.2, -0.15) is 0 Å². The molecule has 0 atom stereocenters. The second-order valence-corrected chi connectivity index (χ2v) is 6.19. The van der Waals surface area contributed by atoms with Crippen LogP contribution in [0.2, 0.25) is 0 Å². The molecule has 2 aromatic carbocycles. The number of nitrogens with zero attached hydrogens (tertiary/aromatic N) is 2. The van der Waals surface area contributed by atoms with E-state index in [2.05, 4.69) is 72.3 Å². The summed E-state index contributed by atoms with van der Waals surface area (Å²) in [5.41, 5.74) is 4.82. The molecule has 2 heteroatoms. The number of hydrogen-bond donors (Lipinski definition) is 0. The summed E-state index contributed by atoms with van der Waals surface area (Å²) in [4.78, 5) is 8.50. The Labute approximate surface area is 170 Å². The SMILES string of the molecule is CC.CC.Cc1cc2c(C)cccc2cn1.Cc1cccc2c(C)nccc12. The van der Waals surface area contributed by atoms with E-state index in [-0.39, 0.29) is 0 Å². The molecule has 2 nitrogen and oxygen atoms in total. The average molecular weight is 375 g/mol. The lowest BCUT2D eigenvalue weighted by atomic mass is 10.1. The minimum atomic E-state index is 1.08. The Hall–Kier alpha value is -2.74. The highest BCUT2D eigenvalue weighted by molar-refractivity contribution is 5.87. The number of pyridine rings is 2. The topological polar surface area (TPSA) is 25.8 Å². The molecule has 0 aliphatic rings. The number of fused-ring (bicyclic) bond motifs is 2. The monoisotopic (exact) mass is 374 g/mol. The summed E-state index contributed by atoms with van der Waals surface area (Å²) in [6.45, 7) is 16.3. The predicted octanol–water partition coefficient (Wildman–Crippen LogP) is 7.76. The van der Waals surface area contributed by atoms with E-state index in [0.29, 0.717) is 0 Å². The maximum Gasteiger partial charge on any atom is 0.0451 e. The second-order valence-electron chi connectivity index (χ2n) is 6.19. The van der Waals surface area contributed by atoms with Gasteiger partial charge < -0.3 is 0 Å². The fourth-order valence-electron chi connectivity index (χ4n) is 2.94. The standard InChI is InChI=1S/2C11H11N.2C2H6/c1-8-4-3-5-10-7-12-9(2)6-11(8)10;1-8-4-3-5-11-9(2)12-7-6-10(8)11;2*1-2/h2*3-7H,1-2H3;2*1-2H3. The number of aryl methyl sites for hydroxylation is 4. The summed E-state index contributed by atoms with van der Waals surface area (Å²) in [7, 11) is 0. The van der Waals surface area contributed by atoms with Gasteiger partial charge in [0, 0.05) is 34.6 Å². The number of hydrogen-bond acceptors (Lipinski definition) is 2. The van der Waals surface area contributed by atoms with Crippen molar-refractivity contribution in [2.75, 3.05) is 0 Å². The fraction of sp³-hybridized carbons (Fsp3) is 0.308. The van der Waals surface area contributed by atoms with Crippen molar-refractivity contribution in [3.8, 4) is 0 Å². The van der Waals surface area contributed by atoms with Gasteiger partial charge in [-0.1, -0.05) is 64.1 Å². The van der Waals surface area contributed by atoms with Crippen LogP contribution in [-0.4, -0.2) is 9.97 Å². The third-order valence-electron chi connectivity index (χ3n) is 4.34. The van der Waals surface area contributed by atoms with Crippen molar-refractivity contribution in [3.05, 3.63) is 83.4 Å². The highest BCUT2D eigenvalue weighted by Crippen LogP contribution is 2.19. The van der Waals surface area contributed by atoms with Crippen molar-refractivity contribution in [1.82, 2.24) is 9.97 Å². The van der Waals surface area contributed by atoms with Gasteiger partial charge in [0.05, 0.1) is 0 Å². The second kappa shape index (κ2) is 11.9. The number of benzene rings is 2. The summed E-state index contributed by atoms with van der Waals surface area (Å²) >= 11 is 0. The molecule has 0 spiro atoms. The highest BCUT2D eigenvalue weighted by atomic mass is 14.7. The van der Waals surface area contributed by atoms with E-state index < -0.39 is 0 Å². The van der Waals surface area contributed by atoms with E-state index in [1.807, 2.05) is 53.9 Å². The maximum absolute atomic E-state index is 4.25. The molecule has 0 saturated heterocycles. The lowest BCUT2D eigenvalue weighted by Crippen LogP contribution is -1.84. The molecule has 0 aliphatic heterocycles. The highest BCUT2D eigenvalue weighted by Gasteiger charge is 1.98. The van der Waals surface area contributed by atoms with Crippen LogP contribution in [0.15, 0.2) is 60.9 Å². The molecule has 2 heterocycles. The van der Waals surface area contributed by atoms with E-state index in [1.54, 1.807) is 0 Å². The Bertz CT molecular complexity index is 946. The molecule has 0 saturated carbocycles. The van der Waals surface area contributed by atoms with Crippen molar-refractivity contribution >= 4 is 21.5 Å². The molecule has 0 N–H and O–H groups in total. The summed E-state index contributed by atoms with van der Waals surface area (Å²) in [5.74, 6) is 0. The molecule has 0 radical (unpaired) electrons. The first-order chi connectivity index (χ1) is 13.6. The van der Waals surface area contributed by atoms with Crippen LogP contribution in [0, 0.1) is 27.7 Å². The van der Waals surface area contributed by atoms with Crippen molar-refractivity contribution in [1.29, 1.82) is 0 Å². The Morgan fingerprint density at radius 1 is 0.607 bits per heavy atom. The van der Waals surface area contributed by atoms with E-state index in [4.69, 9.17) is 0 Å². The summed E-state index contributed by atoms with van der Waals surface area (Å²) in [6.07, 6.45) is 3.79. The van der Waals surface area contributed by atoms with E-state index in [9.17, 15) is 0 Å². The molecule has 4 aromatic rings. The Kier molecular flexibility index (Phi) is 9.87. The van der Waals surface area contributed by atoms with Crippen LogP contribution < -0.4 is 0 Å². The largest absolute Gasteiger partial charge is 0.261 e. The van der Waals surface area contributed by atoms with Crippen molar-refractivity contribution in [2.24, 2.45) is 0 Å². The molecule has 148 valence electrons. The van der Waals surface area contributed by atoms with E-state index >= 15 is 0 Å². The van der Waals surface area contributed by atoms with E-state index in [1.165, 1.54) is 32.7 Å². The third-order valence-corrected chi connectivity index (χ3v) is 4.34. The maximum atomic E-state index is 4.25. The average Bonchev–Trinajstić information content (AvgIpc) is 2.73. The summed E-state index contributed by atoms with van der Waals surface area (Å²) in [6, 6.07) is 16.8. The van der Waals surface area contributed by atoms with Crippen LogP contribution in [0.1, 0.15) is 50.2 Å². The lowest BCUT2D eigenvalue weighted by molar-refractivity contribution is 1.22. The van der Waals surface area contributed by atoms with Gasteiger partial charge in [0.25, 0.3) is 0 Å². The van der Waals surface area contributed by atoms with Gasteiger partial charge in [-0.25, -0.2) is 0 Å². The molecule has 0 unspecified atom stereocenters. The summed E-state index contributed by atoms with van der Waals surface area (Å²) < 4.78 is 0. The van der Waals surface area contributed by atoms with Crippen LogP contribution in [0.25, 0.3) is 21.5 Å². The Morgan fingerprint density at radius 2 is 1.21 bits per heavy atom. The van der Waals surface area contributed by atoms with Gasteiger partial charge >= 0.3 is 0 Å². The Morgan fingerprint density at radius 3 is 1.86 bits per heavy atom. The van der Waals surface area contributed by atoms with Gasteiger partial charge in [0.1, 0.15) is 0 Å². The normalized spacial score (nSPS) is 9.43. The van der Waals surface area contributed by atoms with Crippen LogP contribution >= 0.6 is 0 Å². The lowest BCUT2D eigenvalue weighted by Gasteiger charge is -2.02. The first kappa shape index (κ1) is 23.3. The molecule has 2 aromatic heterocycles. The van der Waals surface area contributed by atoms with Gasteiger partial charge in [0.2, 0.25) is 0 Å². The first-order valence-electron chi connectivity index (χ1n) is 10.2. The summed E-state index contributed by atoms with van der Waals surface area (Å²) in [5, 5.41) is 5.10. The third kappa shape index (κ3) is 5.88. The van der Waals surface area contributed by atoms with Crippen molar-refractivity contribution in [3.63, 3.8) is 0 Å². The Balaban J connectivity index is 0.000000238. The minimum Gasteiger partial charge on any atom is -0.261 e. The van der Waals surface area contributed by atoms with Gasteiger partial charge in [-0.3, -0.25) is 9.97 Å². The molecular formula is C26H34N2. The fourth-order valence-corrected chi connectivity index (χ4v) is 2.94. The molecular weight excluding hydrogens is 340 g/mol. The molecule has 28 heavy (non-hydrogen) atoms. The van der Waals surface area contributed by atoms with Crippen LogP contribution in [-0.2, 0) is 0 Å². The van der Waals surface area contributed by atoms with Crippen molar-refractivity contribution < 1.29 is 0 Å². The number of aromatic nitrogens is 2. The first-order valence-corrected chi connectivity index (χ1v) is 10.2.